The number of hydrogen-bond donors (Lipinski definition) is 1. The number of alkyl carbamates (subject to hydrolysis) is 1. The van der Waals surface area contributed by atoms with E-state index in [0.29, 0.717) is 0 Å². The number of rotatable bonds is 5. The maximum Gasteiger partial charge on any atom is 0.433 e. The molecule has 0 unspecified atom stereocenters. The number of non-ortho nitro benzene ring substituents is 1. The van der Waals surface area contributed by atoms with Gasteiger partial charge in [-0.25, -0.2) is 9.78 Å². The van der Waals surface area contributed by atoms with Gasteiger partial charge in [0.25, 0.3) is 5.69 Å². The van der Waals surface area contributed by atoms with E-state index in [1.807, 2.05) is 0 Å². The van der Waals surface area contributed by atoms with Crippen molar-refractivity contribution in [2.45, 2.75) is 39.1 Å². The Morgan fingerprint density at radius 2 is 1.90 bits per heavy atom. The van der Waals surface area contributed by atoms with Crippen LogP contribution in [0, 0.1) is 10.1 Å². The number of nitro groups is 1. The van der Waals surface area contributed by atoms with Gasteiger partial charge in [0.05, 0.1) is 11.0 Å². The van der Waals surface area contributed by atoms with E-state index in [1.54, 1.807) is 20.8 Å². The van der Waals surface area contributed by atoms with Gasteiger partial charge in [0.1, 0.15) is 17.0 Å². The summed E-state index contributed by atoms with van der Waals surface area (Å²) in [7, 11) is 0. The molecule has 0 saturated carbocycles. The van der Waals surface area contributed by atoms with Gasteiger partial charge in [0.2, 0.25) is 5.88 Å². The van der Waals surface area contributed by atoms with Gasteiger partial charge in [0.15, 0.2) is 0 Å². The first-order valence-corrected chi connectivity index (χ1v) is 8.31. The molecule has 29 heavy (non-hydrogen) atoms. The number of carbonyl (C=O) groups excluding carboxylic acids is 1. The fraction of sp³-hybridized carbons (Fsp3) is 0.333. The zero-order valence-electron chi connectivity index (χ0n) is 15.7. The lowest BCUT2D eigenvalue weighted by atomic mass is 10.2. The highest BCUT2D eigenvalue weighted by molar-refractivity contribution is 5.67. The van der Waals surface area contributed by atoms with Gasteiger partial charge in [-0.1, -0.05) is 6.07 Å². The summed E-state index contributed by atoms with van der Waals surface area (Å²) in [4.78, 5) is 25.3. The summed E-state index contributed by atoms with van der Waals surface area (Å²) < 4.78 is 49.8. The van der Waals surface area contributed by atoms with E-state index in [2.05, 4.69) is 10.3 Å². The van der Waals surface area contributed by atoms with E-state index in [4.69, 9.17) is 9.47 Å². The summed E-state index contributed by atoms with van der Waals surface area (Å²) in [6, 6.07) is 6.88. The number of alkyl halides is 3. The molecule has 0 bridgehead atoms. The molecule has 0 aliphatic rings. The van der Waals surface area contributed by atoms with Crippen molar-refractivity contribution in [3.05, 3.63) is 57.8 Å². The minimum Gasteiger partial charge on any atom is -0.444 e. The first-order valence-electron chi connectivity index (χ1n) is 8.31. The van der Waals surface area contributed by atoms with Crippen LogP contribution in [-0.2, 0) is 17.5 Å². The van der Waals surface area contributed by atoms with Gasteiger partial charge < -0.3 is 14.8 Å². The molecule has 8 nitrogen and oxygen atoms in total. The second-order valence-electron chi connectivity index (χ2n) is 6.91. The lowest BCUT2D eigenvalue weighted by Crippen LogP contribution is -2.32. The first-order chi connectivity index (χ1) is 13.3. The summed E-state index contributed by atoms with van der Waals surface area (Å²) in [5.41, 5.74) is -2.24. The van der Waals surface area contributed by atoms with Crippen LogP contribution in [0.25, 0.3) is 0 Å². The zero-order valence-corrected chi connectivity index (χ0v) is 15.7. The van der Waals surface area contributed by atoms with Crippen LogP contribution in [0.4, 0.5) is 23.7 Å². The molecule has 1 amide bonds. The quantitative estimate of drug-likeness (QED) is 0.556. The fourth-order valence-corrected chi connectivity index (χ4v) is 2.13. The zero-order chi connectivity index (χ0) is 21.8. The molecule has 0 aliphatic carbocycles. The number of ether oxygens (including phenoxy) is 2. The van der Waals surface area contributed by atoms with Crippen LogP contribution in [0.2, 0.25) is 0 Å². The van der Waals surface area contributed by atoms with Crippen molar-refractivity contribution in [1.82, 2.24) is 10.3 Å². The first kappa shape index (κ1) is 21.9. The van der Waals surface area contributed by atoms with Crippen molar-refractivity contribution < 1.29 is 32.4 Å². The summed E-state index contributed by atoms with van der Waals surface area (Å²) in [5.74, 6) is -0.488. The van der Waals surface area contributed by atoms with Gasteiger partial charge in [-0.3, -0.25) is 10.1 Å². The predicted octanol–water partition coefficient (Wildman–Crippen LogP) is 4.83. The summed E-state index contributed by atoms with van der Waals surface area (Å²) in [6.45, 7) is 4.66. The monoisotopic (exact) mass is 413 g/mol. The Bertz CT molecular complexity index is 910. The van der Waals surface area contributed by atoms with Crippen molar-refractivity contribution in [2.24, 2.45) is 0 Å². The highest BCUT2D eigenvalue weighted by Gasteiger charge is 2.33. The van der Waals surface area contributed by atoms with Gasteiger partial charge in [0, 0.05) is 18.7 Å². The van der Waals surface area contributed by atoms with Gasteiger partial charge in [-0.2, -0.15) is 13.2 Å². The molecule has 0 atom stereocenters. The third kappa shape index (κ3) is 6.94. The molecule has 156 valence electrons. The maximum absolute atomic E-state index is 13.2. The van der Waals surface area contributed by atoms with Crippen LogP contribution in [0.1, 0.15) is 32.0 Å². The number of amides is 1. The van der Waals surface area contributed by atoms with E-state index in [-0.39, 0.29) is 23.5 Å². The number of halogens is 3. The largest absolute Gasteiger partial charge is 0.444 e. The van der Waals surface area contributed by atoms with Crippen molar-refractivity contribution >= 4 is 11.8 Å². The van der Waals surface area contributed by atoms with Gasteiger partial charge in [-0.05, 0) is 38.5 Å². The summed E-state index contributed by atoms with van der Waals surface area (Å²) in [6.07, 6.45) is -5.56. The predicted molar refractivity (Wildman–Crippen MR) is 95.5 cm³/mol. The third-order valence-electron chi connectivity index (χ3n) is 3.24. The molecule has 11 heteroatoms. The molecule has 0 spiro atoms. The molecule has 1 aromatic carbocycles. The molecule has 0 fully saturated rings. The topological polar surface area (TPSA) is 104 Å². The standard InChI is InChI=1S/C18H18F3N3O5/c1-17(2,3)29-16(25)22-10-11-7-14(18(19,20)21)23-15(8-11)28-13-6-4-5-12(9-13)24(26)27/h4-9H,10H2,1-3H3,(H,22,25). The van der Waals surface area contributed by atoms with E-state index in [0.717, 1.165) is 12.1 Å². The van der Waals surface area contributed by atoms with Crippen LogP contribution in [0.3, 0.4) is 0 Å². The normalized spacial score (nSPS) is 11.7. The molecule has 1 heterocycles. The third-order valence-corrected chi connectivity index (χ3v) is 3.24. The minimum absolute atomic E-state index is 0.0543. The Balaban J connectivity index is 2.26. The SMILES string of the molecule is CC(C)(C)OC(=O)NCc1cc(Oc2cccc([N+](=O)[O-])c2)nc(C(F)(F)F)c1. The fourth-order valence-electron chi connectivity index (χ4n) is 2.13. The molecular formula is C18H18F3N3O5. The number of carbonyl (C=O) groups is 1. The van der Waals surface area contributed by atoms with Crippen molar-refractivity contribution in [3.8, 4) is 11.6 Å². The molecule has 2 aromatic rings. The number of nitrogens with zero attached hydrogens (tertiary/aromatic N) is 2. The molecule has 0 saturated heterocycles. The molecule has 1 aromatic heterocycles. The molecular weight excluding hydrogens is 395 g/mol. The molecule has 0 aliphatic heterocycles. The number of aromatic nitrogens is 1. The number of nitro benzene ring substituents is 1. The van der Waals surface area contributed by atoms with Crippen LogP contribution < -0.4 is 10.1 Å². The van der Waals surface area contributed by atoms with Crippen LogP contribution >= 0.6 is 0 Å². The summed E-state index contributed by atoms with van der Waals surface area (Å²) >= 11 is 0. The number of hydrogen-bond acceptors (Lipinski definition) is 6. The Kier molecular flexibility index (Phi) is 6.30. The Morgan fingerprint density at radius 3 is 2.48 bits per heavy atom. The highest BCUT2D eigenvalue weighted by atomic mass is 19.4. The van der Waals surface area contributed by atoms with Crippen LogP contribution in [0.5, 0.6) is 11.6 Å². The lowest BCUT2D eigenvalue weighted by molar-refractivity contribution is -0.384. The number of benzene rings is 1. The lowest BCUT2D eigenvalue weighted by Gasteiger charge is -2.20. The Morgan fingerprint density at radius 1 is 1.21 bits per heavy atom. The van der Waals surface area contributed by atoms with E-state index in [1.165, 1.54) is 24.3 Å². The Hall–Kier alpha value is -3.37. The van der Waals surface area contributed by atoms with E-state index in [9.17, 15) is 28.1 Å². The van der Waals surface area contributed by atoms with E-state index < -0.39 is 34.4 Å². The summed E-state index contributed by atoms with van der Waals surface area (Å²) in [5, 5.41) is 13.2. The average molecular weight is 413 g/mol. The molecule has 2 rings (SSSR count). The van der Waals surface area contributed by atoms with E-state index >= 15 is 0 Å². The van der Waals surface area contributed by atoms with Crippen LogP contribution in [0.15, 0.2) is 36.4 Å². The van der Waals surface area contributed by atoms with Gasteiger partial charge >= 0.3 is 12.3 Å². The minimum atomic E-state index is -4.76. The maximum atomic E-state index is 13.2. The highest BCUT2D eigenvalue weighted by Crippen LogP contribution is 2.32. The number of nitrogens with one attached hydrogen (secondary N) is 1. The van der Waals surface area contributed by atoms with Crippen LogP contribution in [-0.4, -0.2) is 21.6 Å². The number of pyridine rings is 1. The molecule has 0 radical (unpaired) electrons. The van der Waals surface area contributed by atoms with Crippen molar-refractivity contribution in [1.29, 1.82) is 0 Å². The second kappa shape index (κ2) is 8.33. The smallest absolute Gasteiger partial charge is 0.433 e. The van der Waals surface area contributed by atoms with Crippen molar-refractivity contribution in [2.75, 3.05) is 0 Å². The van der Waals surface area contributed by atoms with Crippen molar-refractivity contribution in [3.63, 3.8) is 0 Å². The Labute approximate surface area is 163 Å². The second-order valence-corrected chi connectivity index (χ2v) is 6.91. The average Bonchev–Trinajstić information content (AvgIpc) is 2.58. The van der Waals surface area contributed by atoms with Gasteiger partial charge in [-0.15, -0.1) is 0 Å². The molecule has 1 N–H and O–H groups in total.